The van der Waals surface area contributed by atoms with Gasteiger partial charge in [0.1, 0.15) is 18.5 Å². The Kier molecular flexibility index (Phi) is 7.38. The zero-order valence-corrected chi connectivity index (χ0v) is 20.1. The van der Waals surface area contributed by atoms with Crippen LogP contribution < -0.4 is 10.1 Å². The highest BCUT2D eigenvalue weighted by molar-refractivity contribution is 7.89. The molecule has 8 heteroatoms. The molecule has 7 nitrogen and oxygen atoms in total. The lowest BCUT2D eigenvalue weighted by molar-refractivity contribution is 0.105. The van der Waals surface area contributed by atoms with Crippen molar-refractivity contribution in [3.8, 4) is 5.75 Å². The van der Waals surface area contributed by atoms with Crippen molar-refractivity contribution in [1.29, 1.82) is 0 Å². The molecule has 0 saturated carbocycles. The third-order valence-corrected chi connectivity index (χ3v) is 8.15. The van der Waals surface area contributed by atoms with Crippen molar-refractivity contribution >= 4 is 20.9 Å². The number of nitrogens with zero attached hydrogens (tertiary/aromatic N) is 1. The summed E-state index contributed by atoms with van der Waals surface area (Å²) in [6.07, 6.45) is 0.987. The molecule has 4 rings (SSSR count). The number of rotatable bonds is 9. The van der Waals surface area contributed by atoms with E-state index in [0.29, 0.717) is 30.4 Å². The summed E-state index contributed by atoms with van der Waals surface area (Å²) >= 11 is 0. The van der Waals surface area contributed by atoms with Gasteiger partial charge in [-0.2, -0.15) is 4.31 Å². The summed E-state index contributed by atoms with van der Waals surface area (Å²) < 4.78 is 33.1. The number of piperidine rings is 1. The Morgan fingerprint density at radius 3 is 2.61 bits per heavy atom. The minimum absolute atomic E-state index is 0.212. The predicted octanol–water partition coefficient (Wildman–Crippen LogP) is 3.21. The van der Waals surface area contributed by atoms with Gasteiger partial charge >= 0.3 is 0 Å². The van der Waals surface area contributed by atoms with E-state index in [2.05, 4.69) is 10.3 Å². The number of aromatic amines is 1. The van der Waals surface area contributed by atoms with Crippen molar-refractivity contribution in [2.45, 2.75) is 37.7 Å². The first kappa shape index (κ1) is 23.8. The van der Waals surface area contributed by atoms with E-state index in [1.165, 1.54) is 0 Å². The number of aromatic nitrogens is 1. The van der Waals surface area contributed by atoms with E-state index in [1.807, 2.05) is 50.2 Å². The second-order valence-corrected chi connectivity index (χ2v) is 10.9. The Hall–Kier alpha value is -2.39. The summed E-state index contributed by atoms with van der Waals surface area (Å²) in [5.41, 5.74) is 3.14. The monoisotopic (exact) mass is 471 g/mol. The van der Waals surface area contributed by atoms with E-state index in [9.17, 15) is 13.5 Å². The molecule has 0 spiro atoms. The highest BCUT2D eigenvalue weighted by Gasteiger charge is 2.29. The average Bonchev–Trinajstić information content (AvgIpc) is 3.19. The smallest absolute Gasteiger partial charge is 0.243 e. The molecule has 1 atom stereocenters. The van der Waals surface area contributed by atoms with Crippen LogP contribution in [0.1, 0.15) is 24.1 Å². The largest absolute Gasteiger partial charge is 0.490 e. The molecule has 0 radical (unpaired) electrons. The Balaban J connectivity index is 1.19. The van der Waals surface area contributed by atoms with Crippen molar-refractivity contribution in [2.24, 2.45) is 5.92 Å². The number of hydrogen-bond donors (Lipinski definition) is 3. The van der Waals surface area contributed by atoms with Crippen molar-refractivity contribution in [3.05, 3.63) is 59.8 Å². The van der Waals surface area contributed by atoms with Crippen LogP contribution in [-0.2, 0) is 10.0 Å². The van der Waals surface area contributed by atoms with E-state index < -0.39 is 16.1 Å². The van der Waals surface area contributed by atoms with Crippen LogP contribution >= 0.6 is 0 Å². The van der Waals surface area contributed by atoms with Gasteiger partial charge in [-0.15, -0.1) is 0 Å². The molecule has 1 fully saturated rings. The summed E-state index contributed by atoms with van der Waals surface area (Å²) in [6, 6.07) is 14.9. The number of hydrogen-bond acceptors (Lipinski definition) is 5. The molecule has 0 amide bonds. The molecule has 1 aromatic heterocycles. The lowest BCUT2D eigenvalue weighted by Gasteiger charge is -2.31. The van der Waals surface area contributed by atoms with Gasteiger partial charge in [0.15, 0.2) is 0 Å². The normalized spacial score (nSPS) is 16.8. The van der Waals surface area contributed by atoms with Gasteiger partial charge in [0.25, 0.3) is 0 Å². The fraction of sp³-hybridized carbons (Fsp3) is 0.440. The standard InChI is InChI=1S/C25H33N3O4S/c1-18-6-8-22(9-7-18)33(30,31)28-12-10-20(11-13-28)15-26-16-21(29)17-32-25-5-3-4-24-23(25)14-19(2)27-24/h3-9,14,20-21,26-27,29H,10-13,15-17H2,1-2H3. The van der Waals surface area contributed by atoms with Gasteiger partial charge in [0.2, 0.25) is 10.0 Å². The van der Waals surface area contributed by atoms with Gasteiger partial charge in [-0.3, -0.25) is 0 Å². The maximum Gasteiger partial charge on any atom is 0.243 e. The van der Waals surface area contributed by atoms with Crippen LogP contribution in [-0.4, -0.2) is 61.7 Å². The third-order valence-electron chi connectivity index (χ3n) is 6.24. The fourth-order valence-corrected chi connectivity index (χ4v) is 5.77. The van der Waals surface area contributed by atoms with Gasteiger partial charge in [0.05, 0.1) is 4.90 Å². The van der Waals surface area contributed by atoms with Crippen LogP contribution in [0.15, 0.2) is 53.4 Å². The van der Waals surface area contributed by atoms with Crippen LogP contribution in [0.2, 0.25) is 0 Å². The lowest BCUT2D eigenvalue weighted by atomic mass is 9.98. The van der Waals surface area contributed by atoms with E-state index >= 15 is 0 Å². The first-order valence-corrected chi connectivity index (χ1v) is 12.9. The van der Waals surface area contributed by atoms with Crippen LogP contribution in [0.5, 0.6) is 5.75 Å². The second kappa shape index (κ2) is 10.3. The van der Waals surface area contributed by atoms with Gasteiger partial charge in [0, 0.05) is 36.2 Å². The fourth-order valence-electron chi connectivity index (χ4n) is 4.30. The maximum absolute atomic E-state index is 12.8. The third kappa shape index (κ3) is 5.76. The molecule has 3 N–H and O–H groups in total. The maximum atomic E-state index is 12.8. The zero-order valence-electron chi connectivity index (χ0n) is 19.3. The molecule has 2 heterocycles. The predicted molar refractivity (Wildman–Crippen MR) is 130 cm³/mol. The number of ether oxygens (including phenoxy) is 1. The number of fused-ring (bicyclic) bond motifs is 1. The van der Waals surface area contributed by atoms with Gasteiger partial charge in [-0.1, -0.05) is 23.8 Å². The van der Waals surface area contributed by atoms with E-state index in [4.69, 9.17) is 4.74 Å². The number of aryl methyl sites for hydroxylation is 2. The summed E-state index contributed by atoms with van der Waals surface area (Å²) in [5, 5.41) is 14.7. The molecular weight excluding hydrogens is 438 g/mol. The number of benzene rings is 2. The Bertz CT molecular complexity index is 1170. The minimum Gasteiger partial charge on any atom is -0.490 e. The summed E-state index contributed by atoms with van der Waals surface area (Å²) in [5.74, 6) is 1.15. The summed E-state index contributed by atoms with van der Waals surface area (Å²) in [4.78, 5) is 3.64. The van der Waals surface area contributed by atoms with E-state index in [0.717, 1.165) is 47.3 Å². The van der Waals surface area contributed by atoms with Crippen molar-refractivity contribution in [2.75, 3.05) is 32.8 Å². The summed E-state index contributed by atoms with van der Waals surface area (Å²) in [6.45, 7) is 6.39. The summed E-state index contributed by atoms with van der Waals surface area (Å²) in [7, 11) is -3.43. The lowest BCUT2D eigenvalue weighted by Crippen LogP contribution is -2.42. The number of sulfonamides is 1. The quantitative estimate of drug-likeness (QED) is 0.446. The van der Waals surface area contributed by atoms with Crippen molar-refractivity contribution < 1.29 is 18.3 Å². The number of aliphatic hydroxyl groups is 1. The number of aliphatic hydroxyl groups excluding tert-OH is 1. The number of H-pyrrole nitrogens is 1. The molecule has 0 bridgehead atoms. The van der Waals surface area contributed by atoms with Crippen LogP contribution in [0.3, 0.4) is 0 Å². The minimum atomic E-state index is -3.43. The van der Waals surface area contributed by atoms with Crippen molar-refractivity contribution in [1.82, 2.24) is 14.6 Å². The second-order valence-electron chi connectivity index (χ2n) is 8.95. The number of nitrogens with one attached hydrogen (secondary N) is 2. The van der Waals surface area contributed by atoms with Crippen molar-refractivity contribution in [3.63, 3.8) is 0 Å². The van der Waals surface area contributed by atoms with Gasteiger partial charge in [-0.25, -0.2) is 8.42 Å². The molecule has 33 heavy (non-hydrogen) atoms. The molecule has 3 aromatic rings. The SMILES string of the molecule is Cc1ccc(S(=O)(=O)N2CCC(CNCC(O)COc3cccc4[nH]c(C)cc34)CC2)cc1. The first-order chi connectivity index (χ1) is 15.8. The molecule has 178 valence electrons. The molecule has 1 unspecified atom stereocenters. The average molecular weight is 472 g/mol. The molecule has 1 saturated heterocycles. The van der Waals surface area contributed by atoms with Gasteiger partial charge in [-0.05, 0) is 69.5 Å². The first-order valence-electron chi connectivity index (χ1n) is 11.5. The molecule has 1 aliphatic heterocycles. The zero-order chi connectivity index (χ0) is 23.4. The molecule has 0 aliphatic carbocycles. The topological polar surface area (TPSA) is 94.7 Å². The molecular formula is C25H33N3O4S. The Morgan fingerprint density at radius 1 is 1.15 bits per heavy atom. The van der Waals surface area contributed by atoms with Crippen LogP contribution in [0, 0.1) is 19.8 Å². The van der Waals surface area contributed by atoms with Crippen LogP contribution in [0.4, 0.5) is 0 Å². The highest BCUT2D eigenvalue weighted by Crippen LogP contribution is 2.26. The Morgan fingerprint density at radius 2 is 1.88 bits per heavy atom. The van der Waals surface area contributed by atoms with Crippen LogP contribution in [0.25, 0.3) is 10.9 Å². The Labute approximate surface area is 195 Å². The molecule has 1 aliphatic rings. The highest BCUT2D eigenvalue weighted by atomic mass is 32.2. The van der Waals surface area contributed by atoms with E-state index in [1.54, 1.807) is 16.4 Å². The van der Waals surface area contributed by atoms with E-state index in [-0.39, 0.29) is 6.61 Å². The molecule has 2 aromatic carbocycles. The van der Waals surface area contributed by atoms with Gasteiger partial charge < -0.3 is 20.1 Å².